The van der Waals surface area contributed by atoms with Crippen LogP contribution >= 0.6 is 11.6 Å². The number of hydrogen-bond acceptors (Lipinski definition) is 6. The standard InChI is InChI=1S/C24H29ClN4O3S/c25-24-22-8-4-9-23(21(22)10-11-26-24)33(30,31)27-12-14-29-17-15-28(16-18-29)13-5-19-32-20-6-2-1-3-7-20/h1-4,6-11,27H,5,12-19H2. The molecular weight excluding hydrogens is 460 g/mol. The van der Waals surface area contributed by atoms with Crippen molar-refractivity contribution in [3.63, 3.8) is 0 Å². The first-order chi connectivity index (χ1) is 16.0. The van der Waals surface area contributed by atoms with Crippen molar-refractivity contribution in [2.24, 2.45) is 0 Å². The summed E-state index contributed by atoms with van der Waals surface area (Å²) < 4.78 is 34.3. The Hall–Kier alpha value is -2.23. The number of fused-ring (bicyclic) bond motifs is 1. The molecule has 0 atom stereocenters. The Labute approximate surface area is 200 Å². The van der Waals surface area contributed by atoms with Crippen molar-refractivity contribution in [1.29, 1.82) is 0 Å². The molecule has 7 nitrogen and oxygen atoms in total. The van der Waals surface area contributed by atoms with Crippen LogP contribution < -0.4 is 9.46 Å². The zero-order chi connectivity index (χ0) is 23.1. The number of piperazine rings is 1. The number of pyridine rings is 1. The SMILES string of the molecule is O=S(=O)(NCCN1CCN(CCCOc2ccccc2)CC1)c1cccc2c(Cl)nccc12. The predicted molar refractivity (Wildman–Crippen MR) is 131 cm³/mol. The average molecular weight is 489 g/mol. The van der Waals surface area contributed by atoms with Crippen molar-refractivity contribution in [2.75, 3.05) is 52.4 Å². The Balaban J connectivity index is 1.19. The number of benzene rings is 2. The van der Waals surface area contributed by atoms with Crippen LogP contribution in [0.3, 0.4) is 0 Å². The lowest BCUT2D eigenvalue weighted by Crippen LogP contribution is -2.48. The number of rotatable bonds is 10. The number of halogens is 1. The van der Waals surface area contributed by atoms with Crippen molar-refractivity contribution in [3.05, 3.63) is 65.9 Å². The van der Waals surface area contributed by atoms with Crippen molar-refractivity contribution in [1.82, 2.24) is 19.5 Å². The molecule has 1 aliphatic rings. The van der Waals surface area contributed by atoms with Crippen molar-refractivity contribution in [3.8, 4) is 5.75 Å². The Kier molecular flexibility index (Phi) is 8.16. The van der Waals surface area contributed by atoms with E-state index in [0.29, 0.717) is 35.6 Å². The molecule has 2 aromatic carbocycles. The van der Waals surface area contributed by atoms with Gasteiger partial charge in [0, 0.05) is 62.8 Å². The second-order valence-corrected chi connectivity index (χ2v) is 10.1. The van der Waals surface area contributed by atoms with Crippen LogP contribution in [-0.4, -0.2) is 75.6 Å². The number of ether oxygens (including phenoxy) is 1. The molecule has 0 saturated carbocycles. The summed E-state index contributed by atoms with van der Waals surface area (Å²) in [5.74, 6) is 0.910. The largest absolute Gasteiger partial charge is 0.494 e. The predicted octanol–water partition coefficient (Wildman–Crippen LogP) is 3.25. The Morgan fingerprint density at radius 2 is 1.64 bits per heavy atom. The molecule has 1 aliphatic heterocycles. The quantitative estimate of drug-likeness (QED) is 0.349. The van der Waals surface area contributed by atoms with Gasteiger partial charge in [-0.1, -0.05) is 41.9 Å². The van der Waals surface area contributed by atoms with Gasteiger partial charge in [-0.25, -0.2) is 18.1 Å². The van der Waals surface area contributed by atoms with E-state index < -0.39 is 10.0 Å². The van der Waals surface area contributed by atoms with E-state index in [0.717, 1.165) is 44.9 Å². The van der Waals surface area contributed by atoms with Crippen LogP contribution in [0, 0.1) is 0 Å². The van der Waals surface area contributed by atoms with E-state index in [4.69, 9.17) is 16.3 Å². The summed E-state index contributed by atoms with van der Waals surface area (Å²) in [6.45, 7) is 6.57. The van der Waals surface area contributed by atoms with Gasteiger partial charge in [-0.15, -0.1) is 0 Å². The first-order valence-electron chi connectivity index (χ1n) is 11.2. The summed E-state index contributed by atoms with van der Waals surface area (Å²) in [6.07, 6.45) is 2.51. The molecule has 9 heteroatoms. The summed E-state index contributed by atoms with van der Waals surface area (Å²) in [7, 11) is -3.64. The smallest absolute Gasteiger partial charge is 0.241 e. The van der Waals surface area contributed by atoms with E-state index in [1.165, 1.54) is 6.20 Å². The monoisotopic (exact) mass is 488 g/mol. The third-order valence-electron chi connectivity index (χ3n) is 5.82. The molecule has 33 heavy (non-hydrogen) atoms. The van der Waals surface area contributed by atoms with Gasteiger partial charge in [-0.3, -0.25) is 4.90 Å². The maximum Gasteiger partial charge on any atom is 0.241 e. The summed E-state index contributed by atoms with van der Waals surface area (Å²) in [5, 5.41) is 1.51. The maximum atomic E-state index is 12.9. The van der Waals surface area contributed by atoms with Gasteiger partial charge in [-0.2, -0.15) is 0 Å². The molecule has 176 valence electrons. The Bertz CT molecular complexity index is 1150. The van der Waals surface area contributed by atoms with Crippen LogP contribution in [0.15, 0.2) is 65.7 Å². The lowest BCUT2D eigenvalue weighted by atomic mass is 10.2. The molecule has 2 heterocycles. The molecule has 3 aromatic rings. The topological polar surface area (TPSA) is 74.8 Å². The van der Waals surface area contributed by atoms with E-state index >= 15 is 0 Å². The van der Waals surface area contributed by atoms with Crippen LogP contribution in [-0.2, 0) is 10.0 Å². The van der Waals surface area contributed by atoms with Gasteiger partial charge in [0.05, 0.1) is 11.5 Å². The molecular formula is C24H29ClN4O3S. The minimum atomic E-state index is -3.64. The lowest BCUT2D eigenvalue weighted by Gasteiger charge is -2.34. The molecule has 4 rings (SSSR count). The zero-order valence-corrected chi connectivity index (χ0v) is 20.1. The normalized spacial score (nSPS) is 15.7. The number of aromatic nitrogens is 1. The molecule has 0 radical (unpaired) electrons. The number of nitrogens with one attached hydrogen (secondary N) is 1. The van der Waals surface area contributed by atoms with Crippen molar-refractivity contribution < 1.29 is 13.2 Å². The fourth-order valence-corrected chi connectivity index (χ4v) is 5.49. The third kappa shape index (κ3) is 6.43. The lowest BCUT2D eigenvalue weighted by molar-refractivity contribution is 0.128. The molecule has 1 fully saturated rings. The van der Waals surface area contributed by atoms with Crippen LogP contribution in [0.25, 0.3) is 10.8 Å². The molecule has 0 unspecified atom stereocenters. The number of hydrogen-bond donors (Lipinski definition) is 1. The fraction of sp³-hybridized carbons (Fsp3) is 0.375. The van der Waals surface area contributed by atoms with Gasteiger partial charge in [0.1, 0.15) is 10.9 Å². The molecule has 0 aliphatic carbocycles. The van der Waals surface area contributed by atoms with Crippen LogP contribution in [0.5, 0.6) is 5.75 Å². The Morgan fingerprint density at radius 1 is 0.909 bits per heavy atom. The third-order valence-corrected chi connectivity index (χ3v) is 7.64. The minimum Gasteiger partial charge on any atom is -0.494 e. The molecule has 0 bridgehead atoms. The van der Waals surface area contributed by atoms with Gasteiger partial charge in [0.25, 0.3) is 0 Å². The van der Waals surface area contributed by atoms with Gasteiger partial charge in [0.15, 0.2) is 0 Å². The van der Waals surface area contributed by atoms with Crippen LogP contribution in [0.4, 0.5) is 0 Å². The first kappa shape index (κ1) is 23.9. The van der Waals surface area contributed by atoms with Crippen molar-refractivity contribution in [2.45, 2.75) is 11.3 Å². The molecule has 1 aromatic heterocycles. The fourth-order valence-electron chi connectivity index (χ4n) is 4.02. The second kappa shape index (κ2) is 11.3. The number of sulfonamides is 1. The summed E-state index contributed by atoms with van der Waals surface area (Å²) in [5.41, 5.74) is 0. The molecule has 1 N–H and O–H groups in total. The molecule has 1 saturated heterocycles. The highest BCUT2D eigenvalue weighted by Crippen LogP contribution is 2.26. The number of para-hydroxylation sites is 1. The summed E-state index contributed by atoms with van der Waals surface area (Å²) in [6, 6.07) is 16.6. The highest BCUT2D eigenvalue weighted by Gasteiger charge is 2.20. The highest BCUT2D eigenvalue weighted by molar-refractivity contribution is 7.89. The van der Waals surface area contributed by atoms with Crippen molar-refractivity contribution >= 4 is 32.4 Å². The van der Waals surface area contributed by atoms with Crippen LogP contribution in [0.1, 0.15) is 6.42 Å². The average Bonchev–Trinajstić information content (AvgIpc) is 2.83. The molecule has 0 spiro atoms. The summed E-state index contributed by atoms with van der Waals surface area (Å²) in [4.78, 5) is 8.99. The van der Waals surface area contributed by atoms with Gasteiger partial charge >= 0.3 is 0 Å². The van der Waals surface area contributed by atoms with E-state index in [9.17, 15) is 8.42 Å². The second-order valence-electron chi connectivity index (χ2n) is 8.05. The van der Waals surface area contributed by atoms with E-state index in [2.05, 4.69) is 19.5 Å². The van der Waals surface area contributed by atoms with Gasteiger partial charge < -0.3 is 9.64 Å². The molecule has 0 amide bonds. The summed E-state index contributed by atoms with van der Waals surface area (Å²) >= 11 is 6.12. The van der Waals surface area contributed by atoms with E-state index in [-0.39, 0.29) is 4.90 Å². The van der Waals surface area contributed by atoms with Gasteiger partial charge in [0.2, 0.25) is 10.0 Å². The number of nitrogens with zero attached hydrogens (tertiary/aromatic N) is 3. The Morgan fingerprint density at radius 3 is 2.39 bits per heavy atom. The van der Waals surface area contributed by atoms with Crippen LogP contribution in [0.2, 0.25) is 5.15 Å². The zero-order valence-electron chi connectivity index (χ0n) is 18.5. The van der Waals surface area contributed by atoms with E-state index in [1.807, 2.05) is 30.3 Å². The minimum absolute atomic E-state index is 0.229. The van der Waals surface area contributed by atoms with E-state index in [1.54, 1.807) is 24.3 Å². The maximum absolute atomic E-state index is 12.9. The van der Waals surface area contributed by atoms with Gasteiger partial charge in [-0.05, 0) is 30.7 Å². The highest BCUT2D eigenvalue weighted by atomic mass is 35.5. The first-order valence-corrected chi connectivity index (χ1v) is 13.0.